The van der Waals surface area contributed by atoms with Crippen LogP contribution in [0.3, 0.4) is 0 Å². The van der Waals surface area contributed by atoms with E-state index < -0.39 is 5.97 Å². The van der Waals surface area contributed by atoms with Gasteiger partial charge in [-0.2, -0.15) is 0 Å². The van der Waals surface area contributed by atoms with Crippen molar-refractivity contribution < 1.29 is 14.7 Å². The largest absolute Gasteiger partial charge is 0.478 e. The van der Waals surface area contributed by atoms with Crippen LogP contribution in [0.2, 0.25) is 0 Å². The van der Waals surface area contributed by atoms with E-state index in [1.165, 1.54) is 12.3 Å². The lowest BCUT2D eigenvalue weighted by molar-refractivity contribution is -0.131. The van der Waals surface area contributed by atoms with Gasteiger partial charge in [-0.3, -0.25) is 9.78 Å². The van der Waals surface area contributed by atoms with Crippen molar-refractivity contribution in [2.24, 2.45) is 0 Å². The zero-order chi connectivity index (χ0) is 15.1. The normalized spacial score (nSPS) is 11.0. The second kappa shape index (κ2) is 7.43. The maximum atomic E-state index is 12.5. The number of rotatable bonds is 6. The van der Waals surface area contributed by atoms with Gasteiger partial charge in [-0.1, -0.05) is 13.0 Å². The van der Waals surface area contributed by atoms with Gasteiger partial charge in [0.05, 0.1) is 0 Å². The first-order valence-electron chi connectivity index (χ1n) is 6.64. The number of carbonyl (C=O) groups is 2. The average Bonchev–Trinajstić information content (AvgIpc) is 2.41. The van der Waals surface area contributed by atoms with Crippen LogP contribution in [0.5, 0.6) is 0 Å². The van der Waals surface area contributed by atoms with Crippen LogP contribution in [0.1, 0.15) is 43.2 Å². The summed E-state index contributed by atoms with van der Waals surface area (Å²) in [6, 6.07) is 3.43. The van der Waals surface area contributed by atoms with Crippen LogP contribution < -0.4 is 0 Å². The van der Waals surface area contributed by atoms with Gasteiger partial charge < -0.3 is 10.0 Å². The molecule has 1 rings (SSSR count). The first-order valence-corrected chi connectivity index (χ1v) is 6.64. The van der Waals surface area contributed by atoms with Crippen molar-refractivity contribution in [3.63, 3.8) is 0 Å². The third-order valence-electron chi connectivity index (χ3n) is 2.80. The van der Waals surface area contributed by atoms with Gasteiger partial charge in [0.2, 0.25) is 0 Å². The highest BCUT2D eigenvalue weighted by atomic mass is 16.4. The van der Waals surface area contributed by atoms with E-state index in [0.29, 0.717) is 12.1 Å². The molecule has 0 aromatic carbocycles. The predicted octanol–water partition coefficient (Wildman–Crippen LogP) is 2.44. The van der Waals surface area contributed by atoms with Crippen molar-refractivity contribution in [3.05, 3.63) is 35.7 Å². The molecule has 0 radical (unpaired) electrons. The lowest BCUT2D eigenvalue weighted by Gasteiger charge is -2.26. The highest BCUT2D eigenvalue weighted by Crippen LogP contribution is 2.13. The number of carboxylic acids is 1. The molecule has 1 heterocycles. The van der Waals surface area contributed by atoms with E-state index in [4.69, 9.17) is 5.11 Å². The first kappa shape index (κ1) is 15.9. The van der Waals surface area contributed by atoms with Crippen molar-refractivity contribution >= 4 is 18.0 Å². The Kier molecular flexibility index (Phi) is 5.90. The maximum Gasteiger partial charge on any atom is 0.328 e. The summed E-state index contributed by atoms with van der Waals surface area (Å²) in [7, 11) is 0. The van der Waals surface area contributed by atoms with Crippen LogP contribution in [0.25, 0.3) is 6.08 Å². The van der Waals surface area contributed by atoms with Crippen LogP contribution in [-0.2, 0) is 4.79 Å². The summed E-state index contributed by atoms with van der Waals surface area (Å²) in [4.78, 5) is 29.0. The lowest BCUT2D eigenvalue weighted by Crippen LogP contribution is -2.38. The van der Waals surface area contributed by atoms with Crippen molar-refractivity contribution in [2.45, 2.75) is 33.2 Å². The van der Waals surface area contributed by atoms with Gasteiger partial charge >= 0.3 is 5.97 Å². The number of carbonyl (C=O) groups excluding carboxylic acids is 1. The van der Waals surface area contributed by atoms with Gasteiger partial charge in [-0.25, -0.2) is 4.79 Å². The molecule has 0 bridgehead atoms. The van der Waals surface area contributed by atoms with E-state index in [-0.39, 0.29) is 17.6 Å². The third-order valence-corrected chi connectivity index (χ3v) is 2.80. The predicted molar refractivity (Wildman–Crippen MR) is 77.4 cm³/mol. The van der Waals surface area contributed by atoms with Crippen molar-refractivity contribution in [3.8, 4) is 0 Å². The molecule has 0 atom stereocenters. The van der Waals surface area contributed by atoms with Crippen molar-refractivity contribution in [2.75, 3.05) is 6.54 Å². The minimum absolute atomic E-state index is 0.0701. The molecule has 1 aromatic rings. The van der Waals surface area contributed by atoms with E-state index in [9.17, 15) is 9.59 Å². The van der Waals surface area contributed by atoms with E-state index in [0.717, 1.165) is 12.5 Å². The molecule has 0 aliphatic rings. The van der Waals surface area contributed by atoms with Crippen molar-refractivity contribution in [1.29, 1.82) is 0 Å². The van der Waals surface area contributed by atoms with Crippen LogP contribution >= 0.6 is 0 Å². The molecule has 0 aliphatic heterocycles. The Balaban J connectivity index is 3.11. The monoisotopic (exact) mass is 276 g/mol. The fourth-order valence-electron chi connectivity index (χ4n) is 1.86. The Morgan fingerprint density at radius 3 is 2.70 bits per heavy atom. The molecule has 5 nitrogen and oxygen atoms in total. The van der Waals surface area contributed by atoms with Crippen LogP contribution in [-0.4, -0.2) is 39.5 Å². The number of pyridine rings is 1. The Hall–Kier alpha value is -2.17. The molecule has 5 heteroatoms. The molecule has 108 valence electrons. The summed E-state index contributed by atoms with van der Waals surface area (Å²) in [5.41, 5.74) is 0.800. The average molecular weight is 276 g/mol. The summed E-state index contributed by atoms with van der Waals surface area (Å²) in [6.45, 7) is 6.55. The van der Waals surface area contributed by atoms with Crippen LogP contribution in [0.15, 0.2) is 24.4 Å². The Bertz CT molecular complexity index is 510. The number of nitrogens with zero attached hydrogens (tertiary/aromatic N) is 2. The van der Waals surface area contributed by atoms with Gasteiger partial charge in [-0.05, 0) is 32.4 Å². The van der Waals surface area contributed by atoms with E-state index in [1.807, 2.05) is 20.8 Å². The quantitative estimate of drug-likeness (QED) is 0.810. The van der Waals surface area contributed by atoms with Crippen LogP contribution in [0, 0.1) is 0 Å². The van der Waals surface area contributed by atoms with Gasteiger partial charge in [0.25, 0.3) is 5.91 Å². The minimum Gasteiger partial charge on any atom is -0.478 e. The molecule has 0 saturated heterocycles. The van der Waals surface area contributed by atoms with Gasteiger partial charge in [-0.15, -0.1) is 0 Å². The summed E-state index contributed by atoms with van der Waals surface area (Å²) in [5.74, 6) is -1.23. The second-order valence-corrected chi connectivity index (χ2v) is 4.71. The Morgan fingerprint density at radius 2 is 2.15 bits per heavy atom. The molecule has 0 unspecified atom stereocenters. The number of aromatic nitrogens is 1. The molecule has 0 saturated carbocycles. The first-order chi connectivity index (χ1) is 9.47. The molecule has 20 heavy (non-hydrogen) atoms. The lowest BCUT2D eigenvalue weighted by atomic mass is 10.1. The molecule has 0 spiro atoms. The smallest absolute Gasteiger partial charge is 0.328 e. The number of hydrogen-bond donors (Lipinski definition) is 1. The number of carboxylic acid groups (broad SMARTS) is 1. The van der Waals surface area contributed by atoms with E-state index in [1.54, 1.807) is 17.0 Å². The zero-order valence-electron chi connectivity index (χ0n) is 12.0. The van der Waals surface area contributed by atoms with Gasteiger partial charge in [0.1, 0.15) is 5.69 Å². The fourth-order valence-corrected chi connectivity index (χ4v) is 1.86. The second-order valence-electron chi connectivity index (χ2n) is 4.71. The molecular weight excluding hydrogens is 256 g/mol. The summed E-state index contributed by atoms with van der Waals surface area (Å²) < 4.78 is 0. The maximum absolute atomic E-state index is 12.5. The van der Waals surface area contributed by atoms with Gasteiger partial charge in [0, 0.05) is 30.4 Å². The minimum atomic E-state index is -1.05. The summed E-state index contributed by atoms with van der Waals surface area (Å²) >= 11 is 0. The standard InChI is InChI=1S/C15H20N2O3/c1-4-10-17(11(2)3)15(20)14-12(6-5-9-16-14)7-8-13(18)19/h5-9,11H,4,10H2,1-3H3,(H,18,19)/b8-7+. The van der Waals surface area contributed by atoms with E-state index >= 15 is 0 Å². The molecule has 0 fully saturated rings. The Labute approximate surface area is 118 Å². The van der Waals surface area contributed by atoms with Crippen molar-refractivity contribution in [1.82, 2.24) is 9.88 Å². The topological polar surface area (TPSA) is 70.5 Å². The summed E-state index contributed by atoms with van der Waals surface area (Å²) in [6.07, 6.45) is 4.80. The molecule has 1 N–H and O–H groups in total. The molecular formula is C15H20N2O3. The molecule has 1 amide bonds. The number of amides is 1. The summed E-state index contributed by atoms with van der Waals surface area (Å²) in [5, 5.41) is 8.68. The van der Waals surface area contributed by atoms with Gasteiger partial charge in [0.15, 0.2) is 0 Å². The van der Waals surface area contributed by atoms with Crippen LogP contribution in [0.4, 0.5) is 0 Å². The Morgan fingerprint density at radius 1 is 1.45 bits per heavy atom. The number of hydrogen-bond acceptors (Lipinski definition) is 3. The molecule has 0 aliphatic carbocycles. The highest BCUT2D eigenvalue weighted by Gasteiger charge is 2.20. The highest BCUT2D eigenvalue weighted by molar-refractivity contribution is 5.97. The van der Waals surface area contributed by atoms with E-state index in [2.05, 4.69) is 4.98 Å². The zero-order valence-corrected chi connectivity index (χ0v) is 12.0. The third kappa shape index (κ3) is 4.19. The fraction of sp³-hybridized carbons (Fsp3) is 0.400. The molecule has 1 aromatic heterocycles. The SMILES string of the molecule is CCCN(C(=O)c1ncccc1/C=C/C(=O)O)C(C)C. The number of aliphatic carboxylic acids is 1.